The Balaban J connectivity index is 1.95. The number of alkyl halides is 2. The summed E-state index contributed by atoms with van der Waals surface area (Å²) in [7, 11) is 1.93. The van der Waals surface area contributed by atoms with Gasteiger partial charge in [0.1, 0.15) is 17.9 Å². The second-order valence-corrected chi connectivity index (χ2v) is 5.91. The van der Waals surface area contributed by atoms with Gasteiger partial charge in [0.2, 0.25) is 0 Å². The van der Waals surface area contributed by atoms with E-state index in [0.717, 1.165) is 30.3 Å². The summed E-state index contributed by atoms with van der Waals surface area (Å²) in [4.78, 5) is 6.63. The fourth-order valence-corrected chi connectivity index (χ4v) is 2.60. The summed E-state index contributed by atoms with van der Waals surface area (Å²) in [5.74, 6) is 1.86. The molecule has 1 heterocycles. The number of aryl methyl sites for hydroxylation is 1. The number of nitrogens with one attached hydrogen (secondary N) is 1. The lowest BCUT2D eigenvalue weighted by Crippen LogP contribution is -2.38. The molecule has 0 unspecified atom stereocenters. The number of hydrogen-bond donors (Lipinski definition) is 1. The number of hydrogen-bond acceptors (Lipinski definition) is 4. The van der Waals surface area contributed by atoms with Crippen LogP contribution in [0.25, 0.3) is 0 Å². The van der Waals surface area contributed by atoms with Gasteiger partial charge in [0.05, 0.1) is 6.54 Å². The average Bonchev–Trinajstić information content (AvgIpc) is 3.09. The van der Waals surface area contributed by atoms with Crippen LogP contribution in [0.1, 0.15) is 25.2 Å². The first-order chi connectivity index (χ1) is 13.0. The summed E-state index contributed by atoms with van der Waals surface area (Å²) in [5, 5.41) is 11.3. The Morgan fingerprint density at radius 1 is 1.30 bits per heavy atom. The number of ether oxygens (including phenoxy) is 1. The lowest BCUT2D eigenvalue weighted by molar-refractivity contribution is -0.0498. The van der Waals surface area contributed by atoms with Crippen LogP contribution in [-0.2, 0) is 19.5 Å². The van der Waals surface area contributed by atoms with Crippen molar-refractivity contribution in [3.05, 3.63) is 42.0 Å². The van der Waals surface area contributed by atoms with Crippen molar-refractivity contribution >= 4 is 5.96 Å². The van der Waals surface area contributed by atoms with Crippen molar-refractivity contribution in [2.75, 3.05) is 20.1 Å². The summed E-state index contributed by atoms with van der Waals surface area (Å²) in [6.45, 7) is 3.88. The van der Waals surface area contributed by atoms with Crippen LogP contribution in [-0.4, -0.2) is 52.4 Å². The predicted molar refractivity (Wildman–Crippen MR) is 99.9 cm³/mol. The van der Waals surface area contributed by atoms with Gasteiger partial charge in [-0.2, -0.15) is 8.78 Å². The molecule has 1 N–H and O–H groups in total. The topological polar surface area (TPSA) is 67.6 Å². The highest BCUT2D eigenvalue weighted by atomic mass is 19.3. The Morgan fingerprint density at radius 3 is 2.67 bits per heavy atom. The Hall–Kier alpha value is -2.71. The van der Waals surface area contributed by atoms with E-state index in [1.165, 1.54) is 12.1 Å². The number of aliphatic imine (C=N–C) groups is 1. The van der Waals surface area contributed by atoms with E-state index in [4.69, 9.17) is 0 Å². The summed E-state index contributed by atoms with van der Waals surface area (Å²) in [6, 6.07) is 6.61. The van der Waals surface area contributed by atoms with Crippen molar-refractivity contribution in [2.24, 2.45) is 4.99 Å². The molecule has 148 valence electrons. The lowest BCUT2D eigenvalue weighted by Gasteiger charge is -2.22. The van der Waals surface area contributed by atoms with E-state index in [2.05, 4.69) is 25.2 Å². The van der Waals surface area contributed by atoms with E-state index in [1.54, 1.807) is 18.5 Å². The van der Waals surface area contributed by atoms with Gasteiger partial charge < -0.3 is 19.5 Å². The first kappa shape index (κ1) is 20.6. The van der Waals surface area contributed by atoms with Gasteiger partial charge in [-0.15, -0.1) is 10.2 Å². The van der Waals surface area contributed by atoms with Gasteiger partial charge in [-0.25, -0.2) is 0 Å². The zero-order valence-corrected chi connectivity index (χ0v) is 15.9. The van der Waals surface area contributed by atoms with Crippen molar-refractivity contribution in [3.63, 3.8) is 0 Å². The number of benzene rings is 1. The number of aromatic nitrogens is 3. The van der Waals surface area contributed by atoms with Crippen molar-refractivity contribution < 1.29 is 13.5 Å². The minimum absolute atomic E-state index is 0.151. The molecule has 2 aromatic rings. The molecule has 1 aromatic heterocycles. The smallest absolute Gasteiger partial charge is 0.387 e. The molecule has 27 heavy (non-hydrogen) atoms. The quantitative estimate of drug-likeness (QED) is 0.535. The number of halogens is 2. The van der Waals surface area contributed by atoms with Crippen molar-refractivity contribution in [1.29, 1.82) is 0 Å². The normalized spacial score (nSPS) is 11.7. The zero-order valence-electron chi connectivity index (χ0n) is 15.9. The molecule has 0 aliphatic carbocycles. The zero-order chi connectivity index (χ0) is 19.6. The summed E-state index contributed by atoms with van der Waals surface area (Å²) < 4.78 is 30.8. The van der Waals surface area contributed by atoms with E-state index >= 15 is 0 Å². The third kappa shape index (κ3) is 6.50. The molecule has 0 fully saturated rings. The second-order valence-electron chi connectivity index (χ2n) is 5.91. The second kappa shape index (κ2) is 10.4. The predicted octanol–water partition coefficient (Wildman–Crippen LogP) is 2.54. The maximum atomic E-state index is 12.2. The maximum absolute atomic E-state index is 12.2. The van der Waals surface area contributed by atoms with Crippen LogP contribution in [0, 0.1) is 0 Å². The number of guanidine groups is 1. The van der Waals surface area contributed by atoms with Crippen LogP contribution >= 0.6 is 0 Å². The summed E-state index contributed by atoms with van der Waals surface area (Å²) in [6.07, 6.45) is 2.54. The highest BCUT2D eigenvalue weighted by molar-refractivity contribution is 5.79. The minimum atomic E-state index is -2.81. The monoisotopic (exact) mass is 380 g/mol. The molecule has 0 saturated carbocycles. The molecule has 0 aliphatic rings. The van der Waals surface area contributed by atoms with Crippen LogP contribution in [0.3, 0.4) is 0 Å². The Kier molecular flexibility index (Phi) is 7.97. The molecule has 0 amide bonds. The molecule has 2 rings (SSSR count). The fraction of sp³-hybridized carbons (Fsp3) is 0.500. The Morgan fingerprint density at radius 2 is 2.04 bits per heavy atom. The van der Waals surface area contributed by atoms with E-state index in [-0.39, 0.29) is 5.75 Å². The van der Waals surface area contributed by atoms with Crippen molar-refractivity contribution in [2.45, 2.75) is 40.0 Å². The minimum Gasteiger partial charge on any atom is -0.435 e. The van der Waals surface area contributed by atoms with Gasteiger partial charge in [0, 0.05) is 33.1 Å². The molecule has 0 atom stereocenters. The molecule has 0 saturated heterocycles. The number of nitrogens with zero attached hydrogens (tertiary/aromatic N) is 5. The molecule has 0 radical (unpaired) electrons. The average molecular weight is 380 g/mol. The van der Waals surface area contributed by atoms with Gasteiger partial charge >= 0.3 is 6.61 Å². The fourth-order valence-electron chi connectivity index (χ4n) is 2.60. The molecular formula is C18H26F2N6O. The number of rotatable bonds is 9. The largest absolute Gasteiger partial charge is 0.435 e. The van der Waals surface area contributed by atoms with Gasteiger partial charge in [-0.05, 0) is 24.6 Å². The Labute approximate surface area is 158 Å². The van der Waals surface area contributed by atoms with Gasteiger partial charge in [0.15, 0.2) is 5.96 Å². The van der Waals surface area contributed by atoms with E-state index < -0.39 is 6.61 Å². The highest BCUT2D eigenvalue weighted by Crippen LogP contribution is 2.15. The van der Waals surface area contributed by atoms with Crippen molar-refractivity contribution in [3.8, 4) is 5.75 Å². The van der Waals surface area contributed by atoms with Gasteiger partial charge in [-0.1, -0.05) is 19.1 Å². The van der Waals surface area contributed by atoms with E-state index in [9.17, 15) is 8.78 Å². The lowest BCUT2D eigenvalue weighted by atomic mass is 10.2. The van der Waals surface area contributed by atoms with Crippen LogP contribution < -0.4 is 10.1 Å². The van der Waals surface area contributed by atoms with Gasteiger partial charge in [-0.3, -0.25) is 4.99 Å². The van der Waals surface area contributed by atoms with Gasteiger partial charge in [0.25, 0.3) is 0 Å². The van der Waals surface area contributed by atoms with E-state index in [1.807, 2.05) is 30.4 Å². The summed E-state index contributed by atoms with van der Waals surface area (Å²) in [5.41, 5.74) is 0.969. The first-order valence-corrected chi connectivity index (χ1v) is 8.93. The molecular weight excluding hydrogens is 354 g/mol. The molecule has 7 nitrogen and oxygen atoms in total. The highest BCUT2D eigenvalue weighted by Gasteiger charge is 2.08. The first-order valence-electron chi connectivity index (χ1n) is 8.93. The molecule has 0 spiro atoms. The van der Waals surface area contributed by atoms with E-state index in [0.29, 0.717) is 19.6 Å². The van der Waals surface area contributed by atoms with Crippen LogP contribution in [0.2, 0.25) is 0 Å². The SMILES string of the molecule is CCNC(=NCCn1cnnc1CC)N(C)Cc1ccc(OC(F)F)cc1. The molecule has 0 aliphatic heterocycles. The van der Waals surface area contributed by atoms with Crippen LogP contribution in [0.15, 0.2) is 35.6 Å². The third-order valence-corrected chi connectivity index (χ3v) is 3.88. The molecule has 9 heteroatoms. The Bertz CT molecular complexity index is 717. The third-order valence-electron chi connectivity index (χ3n) is 3.88. The maximum Gasteiger partial charge on any atom is 0.387 e. The summed E-state index contributed by atoms with van der Waals surface area (Å²) >= 11 is 0. The van der Waals surface area contributed by atoms with Crippen molar-refractivity contribution in [1.82, 2.24) is 25.0 Å². The molecule has 1 aromatic carbocycles. The van der Waals surface area contributed by atoms with Crippen LogP contribution in [0.4, 0.5) is 8.78 Å². The van der Waals surface area contributed by atoms with Crippen LogP contribution in [0.5, 0.6) is 5.75 Å². The standard InChI is InChI=1S/C18H26F2N6O/c1-4-16-24-23-13-26(16)11-10-22-18(21-5-2)25(3)12-14-6-8-15(9-7-14)27-17(19)20/h6-9,13,17H,4-5,10-12H2,1-3H3,(H,21,22). The molecule has 0 bridgehead atoms.